The summed E-state index contributed by atoms with van der Waals surface area (Å²) in [6.45, 7) is 4.99. The predicted octanol–water partition coefficient (Wildman–Crippen LogP) is 1.22. The van der Waals surface area contributed by atoms with Crippen LogP contribution >= 0.6 is 11.3 Å². The molecule has 3 N–H and O–H groups in total. The van der Waals surface area contributed by atoms with Crippen LogP contribution in [-0.2, 0) is 16.0 Å². The van der Waals surface area contributed by atoms with Crippen molar-refractivity contribution in [3.63, 3.8) is 0 Å². The Morgan fingerprint density at radius 3 is 3.00 bits per heavy atom. The van der Waals surface area contributed by atoms with Crippen molar-refractivity contribution < 1.29 is 9.53 Å². The van der Waals surface area contributed by atoms with Crippen LogP contribution in [0.15, 0.2) is 12.1 Å². The molecule has 0 aliphatic carbocycles. The van der Waals surface area contributed by atoms with E-state index < -0.39 is 5.54 Å². The van der Waals surface area contributed by atoms with E-state index in [1.807, 2.05) is 6.92 Å². The average molecular weight is 268 g/mol. The minimum absolute atomic E-state index is 0.0941. The number of amides is 1. The lowest BCUT2D eigenvalue weighted by molar-refractivity contribution is -0.126. The molecule has 1 aliphatic heterocycles. The quantitative estimate of drug-likeness (QED) is 0.863. The third-order valence-corrected chi connectivity index (χ3v) is 4.21. The fraction of sp³-hybridized carbons (Fsp3) is 0.615. The fourth-order valence-corrected chi connectivity index (χ4v) is 3.09. The molecule has 1 saturated heterocycles. The van der Waals surface area contributed by atoms with Crippen molar-refractivity contribution in [1.82, 2.24) is 5.32 Å². The van der Waals surface area contributed by atoms with Crippen LogP contribution in [0.1, 0.15) is 23.1 Å². The Kier molecular flexibility index (Phi) is 4.04. The Balaban J connectivity index is 1.87. The monoisotopic (exact) mass is 268 g/mol. The smallest absolute Gasteiger partial charge is 0.242 e. The van der Waals surface area contributed by atoms with Gasteiger partial charge in [-0.05, 0) is 32.4 Å². The van der Waals surface area contributed by atoms with Gasteiger partial charge in [0, 0.05) is 28.8 Å². The van der Waals surface area contributed by atoms with E-state index >= 15 is 0 Å². The van der Waals surface area contributed by atoms with Gasteiger partial charge in [-0.25, -0.2) is 0 Å². The molecule has 0 radical (unpaired) electrons. The predicted molar refractivity (Wildman–Crippen MR) is 72.7 cm³/mol. The van der Waals surface area contributed by atoms with Gasteiger partial charge in [-0.3, -0.25) is 4.79 Å². The highest BCUT2D eigenvalue weighted by atomic mass is 32.1. The summed E-state index contributed by atoms with van der Waals surface area (Å²) >= 11 is 1.77. The maximum absolute atomic E-state index is 12.1. The van der Waals surface area contributed by atoms with Crippen LogP contribution in [0.2, 0.25) is 0 Å². The molecule has 100 valence electrons. The molecule has 2 atom stereocenters. The zero-order valence-electron chi connectivity index (χ0n) is 10.9. The van der Waals surface area contributed by atoms with Crippen molar-refractivity contribution >= 4 is 17.2 Å². The molecule has 4 nitrogen and oxygen atoms in total. The SMILES string of the molecule is Cc1ccc(CC(C)NC(=O)C2(N)CCOC2)s1. The van der Waals surface area contributed by atoms with Gasteiger partial charge in [0.25, 0.3) is 0 Å². The van der Waals surface area contributed by atoms with Gasteiger partial charge >= 0.3 is 0 Å². The summed E-state index contributed by atoms with van der Waals surface area (Å²) in [5, 5.41) is 2.98. The third kappa shape index (κ3) is 3.10. The molecule has 2 unspecified atom stereocenters. The molecule has 1 aromatic heterocycles. The van der Waals surface area contributed by atoms with Crippen molar-refractivity contribution in [1.29, 1.82) is 0 Å². The molecule has 0 bridgehead atoms. The van der Waals surface area contributed by atoms with Gasteiger partial charge < -0.3 is 15.8 Å². The van der Waals surface area contributed by atoms with Crippen LogP contribution in [-0.4, -0.2) is 30.7 Å². The Bertz CT molecular complexity index is 424. The zero-order valence-corrected chi connectivity index (χ0v) is 11.7. The molecule has 2 heterocycles. The fourth-order valence-electron chi connectivity index (χ4n) is 2.07. The van der Waals surface area contributed by atoms with Gasteiger partial charge in [0.15, 0.2) is 0 Å². The Morgan fingerprint density at radius 2 is 2.44 bits per heavy atom. The Morgan fingerprint density at radius 1 is 1.67 bits per heavy atom. The lowest BCUT2D eigenvalue weighted by atomic mass is 9.98. The second-order valence-corrected chi connectivity index (χ2v) is 6.42. The van der Waals surface area contributed by atoms with Gasteiger partial charge in [-0.2, -0.15) is 0 Å². The van der Waals surface area contributed by atoms with E-state index in [1.165, 1.54) is 9.75 Å². The summed E-state index contributed by atoms with van der Waals surface area (Å²) < 4.78 is 5.20. The van der Waals surface area contributed by atoms with E-state index in [0.29, 0.717) is 19.6 Å². The molecule has 1 amide bonds. The summed E-state index contributed by atoms with van der Waals surface area (Å²) in [6, 6.07) is 4.31. The summed E-state index contributed by atoms with van der Waals surface area (Å²) in [4.78, 5) is 14.6. The first-order chi connectivity index (χ1) is 8.49. The molecule has 0 aromatic carbocycles. The Hall–Kier alpha value is -0.910. The normalized spacial score (nSPS) is 25.1. The molecule has 1 aliphatic rings. The number of nitrogens with two attached hydrogens (primary N) is 1. The lowest BCUT2D eigenvalue weighted by Gasteiger charge is -2.23. The molecule has 1 fully saturated rings. The van der Waals surface area contributed by atoms with Crippen molar-refractivity contribution in [2.24, 2.45) is 5.73 Å². The molecule has 1 aromatic rings. The summed E-state index contributed by atoms with van der Waals surface area (Å²) in [5.41, 5.74) is 5.18. The minimum Gasteiger partial charge on any atom is -0.379 e. The minimum atomic E-state index is -0.834. The second-order valence-electron chi connectivity index (χ2n) is 5.05. The second kappa shape index (κ2) is 5.38. The number of aryl methyl sites for hydroxylation is 1. The lowest BCUT2D eigenvalue weighted by Crippen LogP contribution is -2.56. The first kappa shape index (κ1) is 13.5. The van der Waals surface area contributed by atoms with Crippen molar-refractivity contribution in [3.8, 4) is 0 Å². The summed E-state index contributed by atoms with van der Waals surface area (Å²) in [6.07, 6.45) is 1.45. The summed E-state index contributed by atoms with van der Waals surface area (Å²) in [5.74, 6) is -0.0965. The number of carbonyl (C=O) groups excluding carboxylic acids is 1. The number of ether oxygens (including phenoxy) is 1. The van der Waals surface area contributed by atoms with Crippen molar-refractivity contribution in [3.05, 3.63) is 21.9 Å². The van der Waals surface area contributed by atoms with Gasteiger partial charge in [-0.1, -0.05) is 0 Å². The van der Waals surface area contributed by atoms with E-state index in [4.69, 9.17) is 10.5 Å². The van der Waals surface area contributed by atoms with Crippen LogP contribution < -0.4 is 11.1 Å². The highest BCUT2D eigenvalue weighted by Gasteiger charge is 2.38. The van der Waals surface area contributed by atoms with Gasteiger partial charge in [-0.15, -0.1) is 11.3 Å². The van der Waals surface area contributed by atoms with Crippen molar-refractivity contribution in [2.45, 2.75) is 38.3 Å². The summed E-state index contributed by atoms with van der Waals surface area (Å²) in [7, 11) is 0. The van der Waals surface area contributed by atoms with E-state index in [0.717, 1.165) is 6.42 Å². The number of carbonyl (C=O) groups is 1. The van der Waals surface area contributed by atoms with Crippen LogP contribution in [0.4, 0.5) is 0 Å². The topological polar surface area (TPSA) is 64.4 Å². The molecule has 2 rings (SSSR count). The molecule has 0 spiro atoms. The molecule has 18 heavy (non-hydrogen) atoms. The number of thiophene rings is 1. The molecular formula is C13H20N2O2S. The number of hydrogen-bond acceptors (Lipinski definition) is 4. The van der Waals surface area contributed by atoms with Crippen LogP contribution in [0, 0.1) is 6.92 Å². The maximum atomic E-state index is 12.1. The van der Waals surface area contributed by atoms with Gasteiger partial charge in [0.1, 0.15) is 5.54 Å². The van der Waals surface area contributed by atoms with E-state index in [1.54, 1.807) is 11.3 Å². The van der Waals surface area contributed by atoms with Crippen LogP contribution in [0.3, 0.4) is 0 Å². The first-order valence-electron chi connectivity index (χ1n) is 6.22. The number of nitrogens with one attached hydrogen (secondary N) is 1. The van der Waals surface area contributed by atoms with Crippen molar-refractivity contribution in [2.75, 3.05) is 13.2 Å². The van der Waals surface area contributed by atoms with E-state index in [9.17, 15) is 4.79 Å². The third-order valence-electron chi connectivity index (χ3n) is 3.19. The van der Waals surface area contributed by atoms with Crippen LogP contribution in [0.5, 0.6) is 0 Å². The molecular weight excluding hydrogens is 248 g/mol. The highest BCUT2D eigenvalue weighted by Crippen LogP contribution is 2.18. The van der Waals surface area contributed by atoms with Crippen LogP contribution in [0.25, 0.3) is 0 Å². The van der Waals surface area contributed by atoms with Gasteiger partial charge in [0.2, 0.25) is 5.91 Å². The molecule has 0 saturated carbocycles. The number of hydrogen-bond donors (Lipinski definition) is 2. The zero-order chi connectivity index (χ0) is 13.2. The van der Waals surface area contributed by atoms with Gasteiger partial charge in [0.05, 0.1) is 6.61 Å². The molecule has 5 heteroatoms. The van der Waals surface area contributed by atoms with E-state index in [-0.39, 0.29) is 11.9 Å². The maximum Gasteiger partial charge on any atom is 0.242 e. The Labute approximate surface area is 112 Å². The van der Waals surface area contributed by atoms with E-state index in [2.05, 4.69) is 24.4 Å². The largest absolute Gasteiger partial charge is 0.379 e. The average Bonchev–Trinajstić information content (AvgIpc) is 2.89. The highest BCUT2D eigenvalue weighted by molar-refractivity contribution is 7.11. The first-order valence-corrected chi connectivity index (χ1v) is 7.04. The standard InChI is InChI=1S/C13H20N2O2S/c1-9(7-11-4-3-10(2)18-11)15-12(16)13(14)5-6-17-8-13/h3-4,9H,5-8,14H2,1-2H3,(H,15,16). The number of rotatable bonds is 4.